The van der Waals surface area contributed by atoms with Crippen molar-refractivity contribution in [1.82, 2.24) is 5.32 Å². The molecule has 1 aromatic rings. The van der Waals surface area contributed by atoms with Crippen LogP contribution >= 0.6 is 0 Å². The molecule has 0 amide bonds. The number of ether oxygens (including phenoxy) is 2. The van der Waals surface area contributed by atoms with E-state index in [1.54, 1.807) is 18.2 Å². The maximum Gasteiger partial charge on any atom is 0.387 e. The number of hydrogen-bond donors (Lipinski definition) is 1. The van der Waals surface area contributed by atoms with Gasteiger partial charge in [-0.25, -0.2) is 0 Å². The first-order valence-corrected chi connectivity index (χ1v) is 6.46. The molecule has 1 saturated carbocycles. The molecular weight excluding hydrogens is 252 g/mol. The van der Waals surface area contributed by atoms with Crippen LogP contribution in [0.15, 0.2) is 18.2 Å². The van der Waals surface area contributed by atoms with Crippen molar-refractivity contribution in [2.24, 2.45) is 5.92 Å². The molecule has 0 aliphatic heterocycles. The van der Waals surface area contributed by atoms with E-state index in [1.165, 1.54) is 20.0 Å². The molecule has 3 nitrogen and oxygen atoms in total. The van der Waals surface area contributed by atoms with Crippen LogP contribution in [-0.2, 0) is 6.54 Å². The summed E-state index contributed by atoms with van der Waals surface area (Å²) >= 11 is 0. The van der Waals surface area contributed by atoms with Gasteiger partial charge in [-0.2, -0.15) is 8.78 Å². The summed E-state index contributed by atoms with van der Waals surface area (Å²) < 4.78 is 34.6. The number of alkyl halides is 2. The highest BCUT2D eigenvalue weighted by molar-refractivity contribution is 5.46. The molecule has 0 saturated heterocycles. The number of halogens is 2. The summed E-state index contributed by atoms with van der Waals surface area (Å²) in [6.45, 7) is -0.238. The smallest absolute Gasteiger partial charge is 0.387 e. The molecule has 1 unspecified atom stereocenters. The van der Waals surface area contributed by atoms with Gasteiger partial charge in [-0.05, 0) is 31.7 Å². The topological polar surface area (TPSA) is 30.5 Å². The van der Waals surface area contributed by atoms with Crippen LogP contribution in [0, 0.1) is 5.92 Å². The van der Waals surface area contributed by atoms with Crippen LogP contribution in [0.2, 0.25) is 0 Å². The molecule has 0 radical (unpaired) electrons. The number of rotatable bonds is 7. The molecule has 1 N–H and O–H groups in total. The van der Waals surface area contributed by atoms with Crippen LogP contribution in [0.3, 0.4) is 0 Å². The number of hydrogen-bond acceptors (Lipinski definition) is 3. The summed E-state index contributed by atoms with van der Waals surface area (Å²) in [5.41, 5.74) is 0.687. The first kappa shape index (κ1) is 14.1. The fraction of sp³-hybridized carbons (Fsp3) is 0.571. The minimum Gasteiger partial charge on any atom is -0.493 e. The van der Waals surface area contributed by atoms with E-state index in [2.05, 4.69) is 17.0 Å². The monoisotopic (exact) mass is 271 g/mol. The van der Waals surface area contributed by atoms with E-state index in [-0.39, 0.29) is 5.75 Å². The summed E-state index contributed by atoms with van der Waals surface area (Å²) in [6, 6.07) is 5.56. The number of para-hydroxylation sites is 1. The van der Waals surface area contributed by atoms with Gasteiger partial charge in [0.15, 0.2) is 11.5 Å². The highest BCUT2D eigenvalue weighted by Crippen LogP contribution is 2.34. The first-order chi connectivity index (χ1) is 9.11. The molecule has 0 heterocycles. The standard InChI is InChI=1S/C14H19F2NO2/c1-9(10-6-7-10)17-8-11-4-3-5-12(18-2)13(11)19-14(15)16/h3-5,9-10,14,17H,6-8H2,1-2H3. The molecule has 1 atom stereocenters. The fourth-order valence-corrected chi connectivity index (χ4v) is 2.12. The van der Waals surface area contributed by atoms with Crippen LogP contribution in [0.1, 0.15) is 25.3 Å². The van der Waals surface area contributed by atoms with Crippen molar-refractivity contribution >= 4 is 0 Å². The Bertz CT molecular complexity index is 422. The van der Waals surface area contributed by atoms with E-state index in [0.717, 1.165) is 0 Å². The van der Waals surface area contributed by atoms with Crippen LogP contribution < -0.4 is 14.8 Å². The average Bonchev–Trinajstić information content (AvgIpc) is 3.20. The Morgan fingerprint density at radius 3 is 2.68 bits per heavy atom. The Labute approximate surface area is 111 Å². The highest BCUT2D eigenvalue weighted by Gasteiger charge is 2.27. The second-order valence-electron chi connectivity index (χ2n) is 4.83. The lowest BCUT2D eigenvalue weighted by atomic mass is 10.1. The van der Waals surface area contributed by atoms with Crippen molar-refractivity contribution < 1.29 is 18.3 Å². The Kier molecular flexibility index (Phi) is 4.58. The number of nitrogens with one attached hydrogen (secondary N) is 1. The van der Waals surface area contributed by atoms with Crippen molar-refractivity contribution in [3.05, 3.63) is 23.8 Å². The van der Waals surface area contributed by atoms with E-state index in [0.29, 0.717) is 29.8 Å². The molecule has 0 spiro atoms. The quantitative estimate of drug-likeness (QED) is 0.826. The molecule has 1 aliphatic rings. The minimum atomic E-state index is -2.85. The third-order valence-corrected chi connectivity index (χ3v) is 3.43. The molecule has 1 aromatic carbocycles. The number of methoxy groups -OCH3 is 1. The van der Waals surface area contributed by atoms with Crippen molar-refractivity contribution in [2.75, 3.05) is 7.11 Å². The third-order valence-electron chi connectivity index (χ3n) is 3.43. The Balaban J connectivity index is 2.08. The zero-order valence-electron chi connectivity index (χ0n) is 11.2. The molecule has 0 bridgehead atoms. The summed E-state index contributed by atoms with van der Waals surface area (Å²) in [4.78, 5) is 0. The van der Waals surface area contributed by atoms with Gasteiger partial charge in [0.05, 0.1) is 7.11 Å². The van der Waals surface area contributed by atoms with Gasteiger partial charge in [0.1, 0.15) is 0 Å². The molecule has 1 aliphatic carbocycles. The third kappa shape index (κ3) is 3.80. The van der Waals surface area contributed by atoms with Crippen molar-refractivity contribution in [1.29, 1.82) is 0 Å². The second-order valence-corrected chi connectivity index (χ2v) is 4.83. The van der Waals surface area contributed by atoms with E-state index in [9.17, 15) is 8.78 Å². The zero-order chi connectivity index (χ0) is 13.8. The van der Waals surface area contributed by atoms with Crippen LogP contribution in [0.4, 0.5) is 8.78 Å². The van der Waals surface area contributed by atoms with Crippen LogP contribution in [0.5, 0.6) is 11.5 Å². The van der Waals surface area contributed by atoms with Crippen LogP contribution in [0.25, 0.3) is 0 Å². The lowest BCUT2D eigenvalue weighted by Gasteiger charge is -2.17. The summed E-state index contributed by atoms with van der Waals surface area (Å²) in [7, 11) is 1.44. The molecule has 2 rings (SSSR count). The summed E-state index contributed by atoms with van der Waals surface area (Å²) in [6.07, 6.45) is 2.49. The van der Waals surface area contributed by atoms with Gasteiger partial charge < -0.3 is 14.8 Å². The maximum absolute atomic E-state index is 12.5. The van der Waals surface area contributed by atoms with Gasteiger partial charge in [0, 0.05) is 18.2 Å². The molecule has 106 valence electrons. The predicted octanol–water partition coefficient (Wildman–Crippen LogP) is 3.18. The molecule has 1 fully saturated rings. The van der Waals surface area contributed by atoms with Crippen LogP contribution in [-0.4, -0.2) is 19.8 Å². The van der Waals surface area contributed by atoms with E-state index in [4.69, 9.17) is 4.74 Å². The normalized spacial score (nSPS) is 16.5. The predicted molar refractivity (Wildman–Crippen MR) is 68.7 cm³/mol. The molecular formula is C14H19F2NO2. The van der Waals surface area contributed by atoms with Gasteiger partial charge in [-0.15, -0.1) is 0 Å². The molecule has 0 aromatic heterocycles. The van der Waals surface area contributed by atoms with Gasteiger partial charge in [-0.1, -0.05) is 12.1 Å². The average molecular weight is 271 g/mol. The SMILES string of the molecule is COc1cccc(CNC(C)C2CC2)c1OC(F)F. The molecule has 19 heavy (non-hydrogen) atoms. The molecule has 5 heteroatoms. The van der Waals surface area contributed by atoms with E-state index < -0.39 is 6.61 Å². The zero-order valence-corrected chi connectivity index (χ0v) is 11.2. The Hall–Kier alpha value is -1.36. The highest BCUT2D eigenvalue weighted by atomic mass is 19.3. The fourth-order valence-electron chi connectivity index (χ4n) is 2.12. The second kappa shape index (κ2) is 6.19. The van der Waals surface area contributed by atoms with E-state index in [1.807, 2.05) is 0 Å². The minimum absolute atomic E-state index is 0.121. The first-order valence-electron chi connectivity index (χ1n) is 6.46. The lowest BCUT2D eigenvalue weighted by Crippen LogP contribution is -2.27. The largest absolute Gasteiger partial charge is 0.493 e. The van der Waals surface area contributed by atoms with Gasteiger partial charge in [-0.3, -0.25) is 0 Å². The Morgan fingerprint density at radius 1 is 1.37 bits per heavy atom. The van der Waals surface area contributed by atoms with Crippen molar-refractivity contribution in [3.63, 3.8) is 0 Å². The van der Waals surface area contributed by atoms with Crippen molar-refractivity contribution in [3.8, 4) is 11.5 Å². The summed E-state index contributed by atoms with van der Waals surface area (Å²) in [5.74, 6) is 1.17. The van der Waals surface area contributed by atoms with E-state index >= 15 is 0 Å². The van der Waals surface area contributed by atoms with Gasteiger partial charge in [0.25, 0.3) is 0 Å². The Morgan fingerprint density at radius 2 is 2.11 bits per heavy atom. The lowest BCUT2D eigenvalue weighted by molar-refractivity contribution is -0.0518. The maximum atomic E-state index is 12.5. The number of benzene rings is 1. The summed E-state index contributed by atoms with van der Waals surface area (Å²) in [5, 5.41) is 3.35. The van der Waals surface area contributed by atoms with Gasteiger partial charge in [0.2, 0.25) is 0 Å². The van der Waals surface area contributed by atoms with Gasteiger partial charge >= 0.3 is 6.61 Å². The van der Waals surface area contributed by atoms with Crippen molar-refractivity contribution in [2.45, 2.75) is 39.0 Å².